The second-order valence-corrected chi connectivity index (χ2v) is 7.53. The maximum absolute atomic E-state index is 12.5. The number of nitrogens with zero attached hydrogens (tertiary/aromatic N) is 3. The van der Waals surface area contributed by atoms with Crippen LogP contribution in [0.3, 0.4) is 0 Å². The topological polar surface area (TPSA) is 73.6 Å². The molecular weight excluding hydrogens is 278 g/mol. The maximum Gasteiger partial charge on any atom is 0.281 e. The predicted molar refractivity (Wildman–Crippen MR) is 77.1 cm³/mol. The highest BCUT2D eigenvalue weighted by atomic mass is 32.2. The smallest absolute Gasteiger partial charge is 0.281 e. The molecule has 0 aromatic carbocycles. The highest BCUT2D eigenvalue weighted by Crippen LogP contribution is 2.20. The van der Waals surface area contributed by atoms with Crippen molar-refractivity contribution in [1.82, 2.24) is 8.61 Å². The van der Waals surface area contributed by atoms with E-state index in [0.29, 0.717) is 19.7 Å². The van der Waals surface area contributed by atoms with Gasteiger partial charge in [0.15, 0.2) is 0 Å². The Labute approximate surface area is 122 Å². The Kier molecular flexibility index (Phi) is 6.89. The summed E-state index contributed by atoms with van der Waals surface area (Å²) in [4.78, 5) is 0. The molecule has 0 amide bonds. The molecule has 1 aliphatic heterocycles. The molecule has 0 aromatic heterocycles. The van der Waals surface area contributed by atoms with Gasteiger partial charge >= 0.3 is 0 Å². The SMILES string of the molecule is COC[C@@H]1CCCCN(S(=O)(=O)N(C)C[C@@H](C)C#N)C1. The van der Waals surface area contributed by atoms with Gasteiger partial charge in [-0.2, -0.15) is 22.3 Å². The van der Waals surface area contributed by atoms with Crippen LogP contribution in [0.4, 0.5) is 0 Å². The monoisotopic (exact) mass is 303 g/mol. The van der Waals surface area contributed by atoms with Gasteiger partial charge in [-0.1, -0.05) is 6.42 Å². The average Bonchev–Trinajstić information content (AvgIpc) is 2.65. The summed E-state index contributed by atoms with van der Waals surface area (Å²) in [6.45, 7) is 3.59. The fourth-order valence-corrected chi connectivity index (χ4v) is 4.06. The molecule has 0 unspecified atom stereocenters. The van der Waals surface area contributed by atoms with Crippen LogP contribution in [0.2, 0.25) is 0 Å². The normalized spacial score (nSPS) is 23.2. The summed E-state index contributed by atoms with van der Waals surface area (Å²) >= 11 is 0. The molecule has 0 saturated carbocycles. The molecule has 0 N–H and O–H groups in total. The first kappa shape index (κ1) is 17.4. The molecule has 0 bridgehead atoms. The molecule has 0 spiro atoms. The number of ether oxygens (including phenoxy) is 1. The Bertz CT molecular complexity index is 433. The molecule has 6 nitrogen and oxygen atoms in total. The van der Waals surface area contributed by atoms with Crippen LogP contribution in [-0.2, 0) is 14.9 Å². The summed E-state index contributed by atoms with van der Waals surface area (Å²) in [7, 11) is -0.297. The lowest BCUT2D eigenvalue weighted by Gasteiger charge is -2.28. The first-order chi connectivity index (χ1) is 9.41. The van der Waals surface area contributed by atoms with Crippen LogP contribution in [0.25, 0.3) is 0 Å². The minimum absolute atomic E-state index is 0.226. The van der Waals surface area contributed by atoms with Gasteiger partial charge in [0.2, 0.25) is 0 Å². The van der Waals surface area contributed by atoms with Crippen LogP contribution < -0.4 is 0 Å². The van der Waals surface area contributed by atoms with Crippen molar-refractivity contribution >= 4 is 10.2 Å². The fraction of sp³-hybridized carbons (Fsp3) is 0.923. The third-order valence-corrected chi connectivity index (χ3v) is 5.53. The van der Waals surface area contributed by atoms with Gasteiger partial charge in [0.1, 0.15) is 0 Å². The highest BCUT2D eigenvalue weighted by Gasteiger charge is 2.31. The van der Waals surface area contributed by atoms with E-state index in [0.717, 1.165) is 19.3 Å². The average molecular weight is 303 g/mol. The van der Waals surface area contributed by atoms with Gasteiger partial charge in [-0.3, -0.25) is 0 Å². The number of methoxy groups -OCH3 is 1. The molecule has 7 heteroatoms. The zero-order valence-corrected chi connectivity index (χ0v) is 13.4. The quantitative estimate of drug-likeness (QED) is 0.736. The van der Waals surface area contributed by atoms with Crippen molar-refractivity contribution in [3.8, 4) is 6.07 Å². The largest absolute Gasteiger partial charge is 0.384 e. The first-order valence-corrected chi connectivity index (χ1v) is 8.41. The van der Waals surface area contributed by atoms with Gasteiger partial charge in [-0.05, 0) is 25.7 Å². The maximum atomic E-state index is 12.5. The van der Waals surface area contributed by atoms with Gasteiger partial charge < -0.3 is 4.74 Å². The lowest BCUT2D eigenvalue weighted by Crippen LogP contribution is -2.45. The van der Waals surface area contributed by atoms with Gasteiger partial charge in [-0.15, -0.1) is 0 Å². The Morgan fingerprint density at radius 2 is 2.20 bits per heavy atom. The van der Waals surface area contributed by atoms with E-state index >= 15 is 0 Å². The first-order valence-electron chi connectivity index (χ1n) is 7.01. The van der Waals surface area contributed by atoms with Gasteiger partial charge in [0, 0.05) is 33.8 Å². The summed E-state index contributed by atoms with van der Waals surface area (Å²) in [6, 6.07) is 2.07. The summed E-state index contributed by atoms with van der Waals surface area (Å²) in [6.07, 6.45) is 2.90. The second-order valence-electron chi connectivity index (χ2n) is 5.49. The Morgan fingerprint density at radius 3 is 2.80 bits per heavy atom. The van der Waals surface area contributed by atoms with Crippen LogP contribution in [0.15, 0.2) is 0 Å². The number of rotatable bonds is 6. The third kappa shape index (κ3) is 4.70. The fourth-order valence-electron chi connectivity index (χ4n) is 2.49. The van der Waals surface area contributed by atoms with E-state index in [1.807, 2.05) is 0 Å². The van der Waals surface area contributed by atoms with E-state index in [2.05, 4.69) is 6.07 Å². The molecule has 20 heavy (non-hydrogen) atoms. The molecule has 0 aliphatic carbocycles. The molecule has 116 valence electrons. The van der Waals surface area contributed by atoms with Gasteiger partial charge in [-0.25, -0.2) is 0 Å². The van der Waals surface area contributed by atoms with Gasteiger partial charge in [0.25, 0.3) is 10.2 Å². The van der Waals surface area contributed by atoms with Crippen molar-refractivity contribution in [2.45, 2.75) is 26.2 Å². The van der Waals surface area contributed by atoms with Crippen LogP contribution in [0.5, 0.6) is 0 Å². The molecule has 1 heterocycles. The van der Waals surface area contributed by atoms with Crippen LogP contribution >= 0.6 is 0 Å². The Balaban J connectivity index is 2.76. The Morgan fingerprint density at radius 1 is 1.50 bits per heavy atom. The standard InChI is InChI=1S/C13H25N3O3S/c1-12(8-14)9-15(2)20(17,18)16-7-5-4-6-13(10-16)11-19-3/h12-13H,4-7,9-11H2,1-3H3/t12-,13+/m0/s1. The molecule has 0 aromatic rings. The van der Waals surface area contributed by atoms with E-state index in [-0.39, 0.29) is 18.4 Å². The molecular formula is C13H25N3O3S. The number of nitriles is 1. The third-order valence-electron chi connectivity index (χ3n) is 3.61. The zero-order chi connectivity index (χ0) is 15.2. The van der Waals surface area contributed by atoms with Crippen molar-refractivity contribution in [3.05, 3.63) is 0 Å². The van der Waals surface area contributed by atoms with E-state index in [4.69, 9.17) is 10.00 Å². The highest BCUT2D eigenvalue weighted by molar-refractivity contribution is 7.86. The van der Waals surface area contributed by atoms with Crippen LogP contribution in [0, 0.1) is 23.2 Å². The van der Waals surface area contributed by atoms with Gasteiger partial charge in [0.05, 0.1) is 18.6 Å². The van der Waals surface area contributed by atoms with Crippen LogP contribution in [0.1, 0.15) is 26.2 Å². The Hall–Kier alpha value is -0.680. The summed E-state index contributed by atoms with van der Waals surface area (Å²) in [5.74, 6) is -0.0596. The van der Waals surface area contributed by atoms with Crippen LogP contribution in [-0.4, -0.2) is 57.4 Å². The molecule has 0 radical (unpaired) electrons. The van der Waals surface area contributed by atoms with E-state index < -0.39 is 10.2 Å². The lowest BCUT2D eigenvalue weighted by atomic mass is 10.1. The minimum Gasteiger partial charge on any atom is -0.384 e. The second kappa shape index (κ2) is 7.93. The van der Waals surface area contributed by atoms with Crippen molar-refractivity contribution in [1.29, 1.82) is 5.26 Å². The number of hydrogen-bond acceptors (Lipinski definition) is 4. The molecule has 1 rings (SSSR count). The summed E-state index contributed by atoms with van der Waals surface area (Å²) in [5, 5.41) is 8.82. The van der Waals surface area contributed by atoms with E-state index in [1.165, 1.54) is 8.61 Å². The molecule has 1 saturated heterocycles. The molecule has 1 aliphatic rings. The summed E-state index contributed by atoms with van der Waals surface area (Å²) in [5.41, 5.74) is 0. The minimum atomic E-state index is -3.48. The number of hydrogen-bond donors (Lipinski definition) is 0. The van der Waals surface area contributed by atoms with Crippen molar-refractivity contribution in [2.75, 3.05) is 40.4 Å². The zero-order valence-electron chi connectivity index (χ0n) is 12.6. The van der Waals surface area contributed by atoms with E-state index in [1.54, 1.807) is 21.1 Å². The van der Waals surface area contributed by atoms with E-state index in [9.17, 15) is 8.42 Å². The van der Waals surface area contributed by atoms with Crippen molar-refractivity contribution in [2.24, 2.45) is 11.8 Å². The summed E-state index contributed by atoms with van der Waals surface area (Å²) < 4.78 is 33.1. The lowest BCUT2D eigenvalue weighted by molar-refractivity contribution is 0.140. The predicted octanol–water partition coefficient (Wildman–Crippen LogP) is 1.07. The molecule has 1 fully saturated rings. The molecule has 2 atom stereocenters. The van der Waals surface area contributed by atoms with Crippen molar-refractivity contribution in [3.63, 3.8) is 0 Å². The van der Waals surface area contributed by atoms with Crippen molar-refractivity contribution < 1.29 is 13.2 Å².